The Morgan fingerprint density at radius 1 is 1.32 bits per heavy atom. The molecule has 3 heterocycles. The Bertz CT molecular complexity index is 827. The molecule has 2 aromatic heterocycles. The predicted octanol–water partition coefficient (Wildman–Crippen LogP) is 2.06. The number of anilines is 2. The van der Waals surface area contributed by atoms with Gasteiger partial charge in [0.05, 0.1) is 25.2 Å². The van der Waals surface area contributed by atoms with Crippen LogP contribution in [0.1, 0.15) is 45.1 Å². The summed E-state index contributed by atoms with van der Waals surface area (Å²) in [4.78, 5) is 27.3. The maximum atomic E-state index is 11.8. The average molecular weight is 388 g/mol. The molecular weight excluding hydrogens is 360 g/mol. The maximum Gasteiger partial charge on any atom is 0.313 e. The summed E-state index contributed by atoms with van der Waals surface area (Å²) < 4.78 is 7.51. The molecule has 0 bridgehead atoms. The van der Waals surface area contributed by atoms with Crippen LogP contribution in [0, 0.1) is 0 Å². The molecule has 2 aromatic rings. The van der Waals surface area contributed by atoms with Crippen LogP contribution in [0.4, 0.5) is 11.8 Å². The number of carbonyl (C=O) groups is 1. The Morgan fingerprint density at radius 3 is 2.68 bits per heavy atom. The van der Waals surface area contributed by atoms with Gasteiger partial charge in [0.25, 0.3) is 0 Å². The van der Waals surface area contributed by atoms with Crippen molar-refractivity contribution in [3.63, 3.8) is 0 Å². The Kier molecular flexibility index (Phi) is 5.83. The van der Waals surface area contributed by atoms with E-state index in [0.29, 0.717) is 56.2 Å². The van der Waals surface area contributed by atoms with Crippen molar-refractivity contribution in [2.24, 2.45) is 0 Å². The van der Waals surface area contributed by atoms with E-state index < -0.39 is 11.4 Å². The molecule has 28 heavy (non-hydrogen) atoms. The average Bonchev–Trinajstić information content (AvgIpc) is 3.15. The third kappa shape index (κ3) is 4.09. The summed E-state index contributed by atoms with van der Waals surface area (Å²) in [6.07, 6.45) is 5.33. The zero-order valence-electron chi connectivity index (χ0n) is 16.8. The van der Waals surface area contributed by atoms with Crippen LogP contribution >= 0.6 is 0 Å². The van der Waals surface area contributed by atoms with Crippen molar-refractivity contribution in [1.29, 1.82) is 0 Å². The van der Waals surface area contributed by atoms with Gasteiger partial charge in [0, 0.05) is 43.3 Å². The number of imidazole rings is 1. The minimum absolute atomic E-state index is 0.308. The molecule has 1 saturated heterocycles. The van der Waals surface area contributed by atoms with Gasteiger partial charge in [-0.15, -0.1) is 0 Å². The first-order valence-electron chi connectivity index (χ1n) is 9.50. The minimum Gasteiger partial charge on any atom is -0.481 e. The van der Waals surface area contributed by atoms with Crippen LogP contribution in [0.25, 0.3) is 0 Å². The fraction of sp³-hybridized carbons (Fsp3) is 0.579. The molecule has 3 rings (SSSR count). The molecule has 1 fully saturated rings. The Morgan fingerprint density at radius 2 is 2.04 bits per heavy atom. The highest BCUT2D eigenvalue weighted by Crippen LogP contribution is 2.32. The van der Waals surface area contributed by atoms with Gasteiger partial charge in [0.1, 0.15) is 11.6 Å². The Balaban J connectivity index is 1.88. The SMILES string of the molecule is CC(C)n1ccnc1CNc1ncc(C(C)(C)C(=O)O)c(N2CCOCC2)n1. The van der Waals surface area contributed by atoms with Crippen LogP contribution in [0.15, 0.2) is 18.6 Å². The van der Waals surface area contributed by atoms with Crippen LogP contribution in [-0.2, 0) is 21.5 Å². The van der Waals surface area contributed by atoms with Crippen LogP contribution in [0.5, 0.6) is 0 Å². The highest BCUT2D eigenvalue weighted by molar-refractivity contribution is 5.82. The molecule has 0 radical (unpaired) electrons. The van der Waals surface area contributed by atoms with Crippen LogP contribution in [0.2, 0.25) is 0 Å². The molecule has 0 atom stereocenters. The molecule has 1 aliphatic rings. The largest absolute Gasteiger partial charge is 0.481 e. The lowest BCUT2D eigenvalue weighted by Gasteiger charge is -2.32. The van der Waals surface area contributed by atoms with Crippen molar-refractivity contribution >= 4 is 17.7 Å². The smallest absolute Gasteiger partial charge is 0.313 e. The number of aliphatic carboxylic acids is 1. The van der Waals surface area contributed by atoms with Gasteiger partial charge in [-0.2, -0.15) is 4.98 Å². The second kappa shape index (κ2) is 8.14. The number of morpholine rings is 1. The lowest BCUT2D eigenvalue weighted by atomic mass is 9.85. The highest BCUT2D eigenvalue weighted by Gasteiger charge is 2.35. The second-order valence-electron chi connectivity index (χ2n) is 7.66. The Hall–Kier alpha value is -2.68. The van der Waals surface area contributed by atoms with Crippen molar-refractivity contribution in [2.75, 3.05) is 36.5 Å². The van der Waals surface area contributed by atoms with Crippen LogP contribution in [0.3, 0.4) is 0 Å². The van der Waals surface area contributed by atoms with Crippen molar-refractivity contribution in [3.8, 4) is 0 Å². The van der Waals surface area contributed by atoms with Crippen LogP contribution in [-0.4, -0.2) is 56.9 Å². The van der Waals surface area contributed by atoms with Gasteiger partial charge >= 0.3 is 5.97 Å². The van der Waals surface area contributed by atoms with E-state index in [1.165, 1.54) is 0 Å². The molecule has 0 aliphatic carbocycles. The molecule has 9 heteroatoms. The summed E-state index contributed by atoms with van der Waals surface area (Å²) in [7, 11) is 0. The van der Waals surface area contributed by atoms with E-state index in [0.717, 1.165) is 5.82 Å². The van der Waals surface area contributed by atoms with Gasteiger partial charge in [-0.1, -0.05) is 0 Å². The van der Waals surface area contributed by atoms with Gasteiger partial charge in [0.2, 0.25) is 5.95 Å². The summed E-state index contributed by atoms with van der Waals surface area (Å²) in [6.45, 7) is 10.5. The number of hydrogen-bond acceptors (Lipinski definition) is 7. The fourth-order valence-corrected chi connectivity index (χ4v) is 3.14. The predicted molar refractivity (Wildman–Crippen MR) is 106 cm³/mol. The highest BCUT2D eigenvalue weighted by atomic mass is 16.5. The first-order chi connectivity index (χ1) is 13.3. The van der Waals surface area contributed by atoms with E-state index in [2.05, 4.69) is 43.6 Å². The summed E-state index contributed by atoms with van der Waals surface area (Å²) in [5, 5.41) is 12.9. The molecule has 1 aliphatic heterocycles. The van der Waals surface area contributed by atoms with Gasteiger partial charge in [-0.05, 0) is 27.7 Å². The molecule has 9 nitrogen and oxygen atoms in total. The fourth-order valence-electron chi connectivity index (χ4n) is 3.14. The van der Waals surface area contributed by atoms with Crippen LogP contribution < -0.4 is 10.2 Å². The summed E-state index contributed by atoms with van der Waals surface area (Å²) in [5.41, 5.74) is -0.504. The molecule has 2 N–H and O–H groups in total. The second-order valence-corrected chi connectivity index (χ2v) is 7.66. The minimum atomic E-state index is -1.10. The molecular formula is C19H28N6O3. The van der Waals surface area contributed by atoms with Crippen molar-refractivity contribution < 1.29 is 14.6 Å². The van der Waals surface area contributed by atoms with E-state index in [9.17, 15) is 9.90 Å². The van der Waals surface area contributed by atoms with Gasteiger partial charge in [0.15, 0.2) is 0 Å². The first kappa shape index (κ1) is 20.1. The number of carboxylic acid groups (broad SMARTS) is 1. The van der Waals surface area contributed by atoms with Crippen molar-refractivity contribution in [1.82, 2.24) is 19.5 Å². The van der Waals surface area contributed by atoms with Crippen molar-refractivity contribution in [2.45, 2.75) is 45.7 Å². The molecule has 0 spiro atoms. The summed E-state index contributed by atoms with van der Waals surface area (Å²) in [6, 6.07) is 0.308. The summed E-state index contributed by atoms with van der Waals surface area (Å²) >= 11 is 0. The zero-order chi connectivity index (χ0) is 20.3. The lowest BCUT2D eigenvalue weighted by Crippen LogP contribution is -2.40. The number of ether oxygens (including phenoxy) is 1. The maximum absolute atomic E-state index is 11.8. The molecule has 0 amide bonds. The number of aromatic nitrogens is 4. The van der Waals surface area contributed by atoms with E-state index in [1.807, 2.05) is 6.20 Å². The van der Waals surface area contributed by atoms with Gasteiger partial charge in [-0.3, -0.25) is 4.79 Å². The molecule has 0 saturated carbocycles. The number of carboxylic acids is 1. The van der Waals surface area contributed by atoms with E-state index in [-0.39, 0.29) is 0 Å². The Labute approximate surface area is 164 Å². The molecule has 0 aromatic carbocycles. The number of rotatable bonds is 7. The molecule has 152 valence electrons. The standard InChI is InChI=1S/C19H28N6O3/c1-13(2)25-6-5-20-15(25)12-22-18-21-11-14(19(3,4)17(26)27)16(23-18)24-7-9-28-10-8-24/h5-6,11,13H,7-10,12H2,1-4H3,(H,26,27)(H,21,22,23). The number of nitrogens with zero attached hydrogens (tertiary/aromatic N) is 5. The van der Waals surface area contributed by atoms with E-state index in [4.69, 9.17) is 4.74 Å². The monoisotopic (exact) mass is 388 g/mol. The number of nitrogens with one attached hydrogen (secondary N) is 1. The third-order valence-corrected chi connectivity index (χ3v) is 5.00. The normalized spacial score (nSPS) is 15.1. The van der Waals surface area contributed by atoms with E-state index in [1.54, 1.807) is 26.2 Å². The zero-order valence-corrected chi connectivity index (χ0v) is 16.8. The summed E-state index contributed by atoms with van der Waals surface area (Å²) in [5.74, 6) is 1.07. The van der Waals surface area contributed by atoms with Crippen molar-refractivity contribution in [3.05, 3.63) is 30.0 Å². The first-order valence-corrected chi connectivity index (χ1v) is 9.50. The number of hydrogen-bond donors (Lipinski definition) is 2. The lowest BCUT2D eigenvalue weighted by molar-refractivity contribution is -0.142. The quantitative estimate of drug-likeness (QED) is 0.743. The van der Waals surface area contributed by atoms with Gasteiger partial charge < -0.3 is 24.6 Å². The van der Waals surface area contributed by atoms with E-state index >= 15 is 0 Å². The van der Waals surface area contributed by atoms with Gasteiger partial charge in [-0.25, -0.2) is 9.97 Å². The third-order valence-electron chi connectivity index (χ3n) is 5.00. The molecule has 0 unspecified atom stereocenters. The topological polar surface area (TPSA) is 105 Å².